The van der Waals surface area contributed by atoms with Gasteiger partial charge in [0.15, 0.2) is 9.84 Å². The smallest absolute Gasteiger partial charge is 0.319 e. The highest BCUT2D eigenvalue weighted by Crippen LogP contribution is 2.54. The molecule has 0 saturated carbocycles. The minimum Gasteiger partial charge on any atom is -0.384 e. The maximum atomic E-state index is 13.4. The van der Waals surface area contributed by atoms with E-state index in [1.54, 1.807) is 18.2 Å². The third kappa shape index (κ3) is 4.59. The molecule has 1 aliphatic rings. The summed E-state index contributed by atoms with van der Waals surface area (Å²) in [5.41, 5.74) is 16.3. The van der Waals surface area contributed by atoms with Crippen LogP contribution >= 0.6 is 0 Å². The van der Waals surface area contributed by atoms with E-state index in [-0.39, 0.29) is 16.4 Å². The van der Waals surface area contributed by atoms with Crippen LogP contribution in [0, 0.1) is 5.41 Å². The number of anilines is 3. The van der Waals surface area contributed by atoms with E-state index in [2.05, 4.69) is 5.32 Å². The predicted molar refractivity (Wildman–Crippen MR) is 151 cm³/mol. The average Bonchev–Trinajstić information content (AvgIpc) is 3.16. The molecule has 0 aromatic heterocycles. The average molecular weight is 526 g/mol. The number of nitrogens with two attached hydrogens (primary N) is 2. The Hall–Kier alpha value is -4.63. The molecule has 1 atom stereocenters. The monoisotopic (exact) mass is 525 g/mol. The molecule has 0 radical (unpaired) electrons. The molecule has 0 aliphatic carbocycles. The molecule has 4 aromatic carbocycles. The van der Waals surface area contributed by atoms with E-state index in [9.17, 15) is 13.2 Å². The number of amides is 2. The summed E-state index contributed by atoms with van der Waals surface area (Å²) >= 11 is 0. The fraction of sp³-hybridized carbons (Fsp3) is 0.103. The molecule has 0 spiro atoms. The van der Waals surface area contributed by atoms with E-state index >= 15 is 0 Å². The van der Waals surface area contributed by atoms with E-state index in [1.165, 1.54) is 4.90 Å². The summed E-state index contributed by atoms with van der Waals surface area (Å²) < 4.78 is 26.7. The molecular weight excluding hydrogens is 498 g/mol. The Morgan fingerprint density at radius 1 is 0.947 bits per heavy atom. The standard InChI is InChI=1S/C29H27N5O3S/c1-38(36,37)27-25-23(33-21-14-8-13-20(16-21)28(30)31)17-22(19-11-6-3-7-12-19)26(27)34(29(32)35)24(25)15-18-9-4-2-5-10-18/h2-14,16-17,24,33H,15H2,1H3,(H3,30,31)(H2,32,35). The first-order chi connectivity index (χ1) is 18.1. The Morgan fingerprint density at radius 3 is 2.21 bits per heavy atom. The minimum atomic E-state index is -3.80. The second kappa shape index (κ2) is 9.68. The van der Waals surface area contributed by atoms with Crippen molar-refractivity contribution in [3.8, 4) is 11.1 Å². The summed E-state index contributed by atoms with van der Waals surface area (Å²) in [6, 6.07) is 26.3. The number of hydrogen-bond acceptors (Lipinski definition) is 5. The lowest BCUT2D eigenvalue weighted by Crippen LogP contribution is -2.37. The predicted octanol–water partition coefficient (Wildman–Crippen LogP) is 4.97. The lowest BCUT2D eigenvalue weighted by atomic mass is 9.97. The SMILES string of the molecule is CS(=O)(=O)c1c2c(Nc3cccc(C(=N)N)c3)cc(-c3ccccc3)c1N(C(N)=O)C2Cc1ccccc1. The maximum Gasteiger partial charge on any atom is 0.319 e. The number of nitrogens with one attached hydrogen (secondary N) is 2. The molecule has 192 valence electrons. The first-order valence-electron chi connectivity index (χ1n) is 12.0. The number of nitrogen functional groups attached to an aromatic ring is 1. The van der Waals surface area contributed by atoms with Crippen molar-refractivity contribution >= 4 is 38.8 Å². The zero-order valence-corrected chi connectivity index (χ0v) is 21.5. The van der Waals surface area contributed by atoms with Gasteiger partial charge in [0, 0.05) is 34.3 Å². The quantitative estimate of drug-likeness (QED) is 0.199. The van der Waals surface area contributed by atoms with Crippen molar-refractivity contribution in [2.45, 2.75) is 17.4 Å². The normalized spacial score (nSPS) is 14.3. The van der Waals surface area contributed by atoms with Crippen LogP contribution in [0.1, 0.15) is 22.7 Å². The van der Waals surface area contributed by atoms with Gasteiger partial charge in [-0.05, 0) is 35.7 Å². The summed E-state index contributed by atoms with van der Waals surface area (Å²) in [6.07, 6.45) is 1.50. The van der Waals surface area contributed by atoms with Crippen molar-refractivity contribution in [3.63, 3.8) is 0 Å². The van der Waals surface area contributed by atoms with Gasteiger partial charge in [-0.15, -0.1) is 0 Å². The fourth-order valence-electron chi connectivity index (χ4n) is 5.05. The summed E-state index contributed by atoms with van der Waals surface area (Å²) in [7, 11) is -3.80. The molecule has 0 fully saturated rings. The van der Waals surface area contributed by atoms with Crippen molar-refractivity contribution in [1.82, 2.24) is 0 Å². The number of primary amides is 1. The third-order valence-corrected chi connectivity index (χ3v) is 7.75. The van der Waals surface area contributed by atoms with Gasteiger partial charge in [0.25, 0.3) is 0 Å². The van der Waals surface area contributed by atoms with Crippen LogP contribution in [0.5, 0.6) is 0 Å². The molecule has 6 N–H and O–H groups in total. The van der Waals surface area contributed by atoms with Gasteiger partial charge in [0.1, 0.15) is 5.84 Å². The Balaban J connectivity index is 1.80. The fourth-order valence-corrected chi connectivity index (χ4v) is 6.25. The summed E-state index contributed by atoms with van der Waals surface area (Å²) in [4.78, 5) is 14.5. The lowest BCUT2D eigenvalue weighted by Gasteiger charge is -2.25. The zero-order valence-electron chi connectivity index (χ0n) is 20.7. The highest BCUT2D eigenvalue weighted by Gasteiger charge is 2.44. The summed E-state index contributed by atoms with van der Waals surface area (Å²) in [5, 5.41) is 11.2. The van der Waals surface area contributed by atoms with E-state index in [0.29, 0.717) is 34.5 Å². The Morgan fingerprint density at radius 2 is 1.61 bits per heavy atom. The van der Waals surface area contributed by atoms with Crippen molar-refractivity contribution < 1.29 is 13.2 Å². The molecule has 2 bridgehead atoms. The van der Waals surface area contributed by atoms with Gasteiger partial charge in [0.05, 0.1) is 16.6 Å². The summed E-state index contributed by atoms with van der Waals surface area (Å²) in [6.45, 7) is 0. The van der Waals surface area contributed by atoms with Gasteiger partial charge in [0.2, 0.25) is 0 Å². The number of rotatable bonds is 7. The molecule has 9 heteroatoms. The first-order valence-corrected chi connectivity index (χ1v) is 13.8. The summed E-state index contributed by atoms with van der Waals surface area (Å²) in [5.74, 6) is -0.0859. The maximum absolute atomic E-state index is 13.4. The van der Waals surface area contributed by atoms with Gasteiger partial charge >= 0.3 is 6.03 Å². The van der Waals surface area contributed by atoms with E-state index in [0.717, 1.165) is 17.4 Å². The van der Waals surface area contributed by atoms with Gasteiger partial charge < -0.3 is 16.8 Å². The minimum absolute atomic E-state index is 0.0730. The molecule has 38 heavy (non-hydrogen) atoms. The molecule has 0 saturated heterocycles. The van der Waals surface area contributed by atoms with Gasteiger partial charge in [-0.2, -0.15) is 0 Å². The van der Waals surface area contributed by atoms with E-state index in [1.807, 2.05) is 72.8 Å². The number of sulfone groups is 1. The molecule has 1 heterocycles. The number of carbonyl (C=O) groups is 1. The molecule has 1 unspecified atom stereocenters. The number of urea groups is 1. The molecule has 8 nitrogen and oxygen atoms in total. The first kappa shape index (κ1) is 25.0. The van der Waals surface area contributed by atoms with Crippen LogP contribution in [0.3, 0.4) is 0 Å². The molecule has 5 rings (SSSR count). The van der Waals surface area contributed by atoms with Crippen molar-refractivity contribution in [2.75, 3.05) is 16.5 Å². The Labute approximate surface area is 221 Å². The number of nitrogens with zero attached hydrogens (tertiary/aromatic N) is 1. The molecule has 4 aromatic rings. The van der Waals surface area contributed by atoms with Crippen LogP contribution in [-0.4, -0.2) is 26.5 Å². The Kier molecular flexibility index (Phi) is 6.38. The highest BCUT2D eigenvalue weighted by atomic mass is 32.2. The van der Waals surface area contributed by atoms with Gasteiger partial charge in [-0.25, -0.2) is 13.2 Å². The number of amidine groups is 1. The van der Waals surface area contributed by atoms with Crippen molar-refractivity contribution in [3.05, 3.63) is 108 Å². The van der Waals surface area contributed by atoms with E-state index in [4.69, 9.17) is 16.9 Å². The van der Waals surface area contributed by atoms with Gasteiger partial charge in [-0.3, -0.25) is 10.3 Å². The van der Waals surface area contributed by atoms with Crippen molar-refractivity contribution in [2.24, 2.45) is 11.5 Å². The largest absolute Gasteiger partial charge is 0.384 e. The molecule has 2 amide bonds. The van der Waals surface area contributed by atoms with Crippen LogP contribution in [0.25, 0.3) is 11.1 Å². The second-order valence-electron chi connectivity index (χ2n) is 9.23. The molecular formula is C29H27N5O3S. The van der Waals surface area contributed by atoms with E-state index < -0.39 is 21.9 Å². The second-order valence-corrected chi connectivity index (χ2v) is 11.2. The lowest BCUT2D eigenvalue weighted by molar-refractivity contribution is 0.252. The molecule has 1 aliphatic heterocycles. The third-order valence-electron chi connectivity index (χ3n) is 6.60. The van der Waals surface area contributed by atoms with Crippen LogP contribution in [-0.2, 0) is 16.3 Å². The van der Waals surface area contributed by atoms with Crippen LogP contribution in [0.15, 0.2) is 95.9 Å². The number of fused-ring (bicyclic) bond motifs is 2. The van der Waals surface area contributed by atoms with Crippen LogP contribution < -0.4 is 21.7 Å². The number of hydrogen-bond donors (Lipinski definition) is 4. The Bertz CT molecular complexity index is 1650. The van der Waals surface area contributed by atoms with Gasteiger partial charge in [-0.1, -0.05) is 72.8 Å². The number of carbonyl (C=O) groups excluding carboxylic acids is 1. The van der Waals surface area contributed by atoms with Crippen molar-refractivity contribution in [1.29, 1.82) is 5.41 Å². The van der Waals surface area contributed by atoms with Crippen LogP contribution in [0.4, 0.5) is 21.9 Å². The highest BCUT2D eigenvalue weighted by molar-refractivity contribution is 7.91. The number of benzene rings is 4. The van der Waals surface area contributed by atoms with Crippen LogP contribution in [0.2, 0.25) is 0 Å². The topological polar surface area (TPSA) is 142 Å². The zero-order chi connectivity index (χ0) is 27.0.